The lowest BCUT2D eigenvalue weighted by molar-refractivity contribution is -0.141. The van der Waals surface area contributed by atoms with E-state index in [9.17, 15) is 9.90 Å². The number of carbonyl (C=O) groups is 1. The van der Waals surface area contributed by atoms with E-state index >= 15 is 0 Å². The summed E-state index contributed by atoms with van der Waals surface area (Å²) in [5, 5.41) is 20.8. The van der Waals surface area contributed by atoms with Crippen LogP contribution in [0.3, 0.4) is 0 Å². The van der Waals surface area contributed by atoms with Crippen LogP contribution in [0.5, 0.6) is 0 Å². The van der Waals surface area contributed by atoms with Crippen molar-refractivity contribution in [3.63, 3.8) is 0 Å². The molecule has 0 fully saturated rings. The van der Waals surface area contributed by atoms with Crippen molar-refractivity contribution in [3.8, 4) is 0 Å². The molecule has 2 atom stereocenters. The normalized spacial score (nSPS) is 20.9. The Morgan fingerprint density at radius 1 is 1.57 bits per heavy atom. The number of aliphatic imine (C=N–C) groups is 1. The second kappa shape index (κ2) is 4.95. The number of carboxylic acid groups (broad SMARTS) is 1. The molecule has 3 N–H and O–H groups in total. The molecule has 0 unspecified atom stereocenters. The highest BCUT2D eigenvalue weighted by Gasteiger charge is 2.24. The third-order valence-corrected chi connectivity index (χ3v) is 2.19. The van der Waals surface area contributed by atoms with Gasteiger partial charge in [-0.2, -0.15) is 0 Å². The van der Waals surface area contributed by atoms with Crippen LogP contribution in [-0.2, 0) is 4.79 Å². The minimum atomic E-state index is -1.05. The lowest BCUT2D eigenvalue weighted by Gasteiger charge is -2.21. The van der Waals surface area contributed by atoms with Gasteiger partial charge in [-0.1, -0.05) is 0 Å². The zero-order chi connectivity index (χ0) is 10.6. The average Bonchev–Trinajstić information content (AvgIpc) is 2.15. The topological polar surface area (TPSA) is 81.9 Å². The Kier molecular flexibility index (Phi) is 3.88. The van der Waals surface area contributed by atoms with Crippen molar-refractivity contribution < 1.29 is 15.0 Å². The van der Waals surface area contributed by atoms with Crippen LogP contribution in [0.2, 0.25) is 0 Å². The van der Waals surface area contributed by atoms with Gasteiger partial charge in [0.25, 0.3) is 0 Å². The fourth-order valence-corrected chi connectivity index (χ4v) is 1.38. The summed E-state index contributed by atoms with van der Waals surface area (Å²) in [6.45, 7) is 2.20. The summed E-state index contributed by atoms with van der Waals surface area (Å²) >= 11 is 0. The Morgan fingerprint density at radius 3 is 2.71 bits per heavy atom. The maximum atomic E-state index is 10.7. The van der Waals surface area contributed by atoms with E-state index in [-0.39, 0.29) is 0 Å². The zero-order valence-corrected chi connectivity index (χ0v) is 8.23. The van der Waals surface area contributed by atoms with E-state index in [0.29, 0.717) is 5.84 Å². The Balaban J connectivity index is 2.54. The van der Waals surface area contributed by atoms with E-state index in [1.54, 1.807) is 0 Å². The quantitative estimate of drug-likeness (QED) is 0.598. The first-order valence-corrected chi connectivity index (χ1v) is 4.82. The van der Waals surface area contributed by atoms with Gasteiger partial charge in [0.1, 0.15) is 0 Å². The molecule has 80 valence electrons. The van der Waals surface area contributed by atoms with E-state index in [1.807, 2.05) is 0 Å². The number of hydrogen-bond donors (Lipinski definition) is 3. The Morgan fingerprint density at radius 2 is 2.29 bits per heavy atom. The molecule has 0 amide bonds. The summed E-state index contributed by atoms with van der Waals surface area (Å²) in [5.41, 5.74) is 0. The van der Waals surface area contributed by atoms with Crippen LogP contribution in [0, 0.1) is 0 Å². The first-order chi connectivity index (χ1) is 6.61. The van der Waals surface area contributed by atoms with E-state index < -0.39 is 18.1 Å². The molecular weight excluding hydrogens is 184 g/mol. The third kappa shape index (κ3) is 2.99. The molecule has 0 aromatic rings. The molecule has 0 radical (unpaired) electrons. The van der Waals surface area contributed by atoms with Crippen LogP contribution < -0.4 is 5.32 Å². The third-order valence-electron chi connectivity index (χ3n) is 2.19. The Hall–Kier alpha value is -1.10. The summed E-state index contributed by atoms with van der Waals surface area (Å²) in [6.07, 6.45) is 1.93. The zero-order valence-electron chi connectivity index (χ0n) is 8.23. The van der Waals surface area contributed by atoms with Gasteiger partial charge in [-0.05, 0) is 19.8 Å². The van der Waals surface area contributed by atoms with Gasteiger partial charge in [-0.15, -0.1) is 0 Å². The molecular formula is C9H16N2O3. The highest BCUT2D eigenvalue weighted by atomic mass is 16.4. The number of amidine groups is 1. The van der Waals surface area contributed by atoms with Crippen molar-refractivity contribution in [2.75, 3.05) is 6.54 Å². The van der Waals surface area contributed by atoms with Crippen LogP contribution in [0.15, 0.2) is 4.99 Å². The molecule has 14 heavy (non-hydrogen) atoms. The van der Waals surface area contributed by atoms with Gasteiger partial charge < -0.3 is 15.5 Å². The van der Waals surface area contributed by atoms with Gasteiger partial charge in [-0.3, -0.25) is 4.99 Å². The predicted octanol–water partition coefficient (Wildman–Crippen LogP) is -0.00760. The van der Waals surface area contributed by atoms with Gasteiger partial charge in [0.2, 0.25) is 0 Å². The largest absolute Gasteiger partial charge is 0.480 e. The second-order valence-electron chi connectivity index (χ2n) is 3.49. The Bertz CT molecular complexity index is 238. The second-order valence-corrected chi connectivity index (χ2v) is 3.49. The highest BCUT2D eigenvalue weighted by Crippen LogP contribution is 2.05. The maximum Gasteiger partial charge on any atom is 0.328 e. The van der Waals surface area contributed by atoms with Crippen LogP contribution in [-0.4, -0.2) is 40.7 Å². The van der Waals surface area contributed by atoms with Crippen molar-refractivity contribution in [2.45, 2.75) is 38.3 Å². The lowest BCUT2D eigenvalue weighted by Crippen LogP contribution is -2.48. The molecule has 1 heterocycles. The fourth-order valence-electron chi connectivity index (χ4n) is 1.38. The molecule has 0 aromatic carbocycles. The van der Waals surface area contributed by atoms with Crippen molar-refractivity contribution in [2.24, 2.45) is 4.99 Å². The molecule has 1 aliphatic heterocycles. The number of hydrogen-bond acceptors (Lipinski definition) is 4. The number of nitrogens with zero attached hydrogens (tertiary/aromatic N) is 1. The SMILES string of the molecule is C[C@@H](O)[C@H](NC1=NCCCC1)C(=O)O. The van der Waals surface area contributed by atoms with Gasteiger partial charge >= 0.3 is 5.97 Å². The summed E-state index contributed by atoms with van der Waals surface area (Å²) in [5.74, 6) is -0.349. The molecule has 0 aliphatic carbocycles. The standard InChI is InChI=1S/C9H16N2O3/c1-6(12)8(9(13)14)11-7-4-2-3-5-10-7/h6,8,12H,2-5H2,1H3,(H,10,11)(H,13,14)/t6-,8+/m1/s1. The maximum absolute atomic E-state index is 10.7. The number of rotatable bonds is 3. The molecule has 5 heteroatoms. The molecule has 1 rings (SSSR count). The molecule has 1 aliphatic rings. The minimum Gasteiger partial charge on any atom is -0.480 e. The molecule has 0 saturated carbocycles. The average molecular weight is 200 g/mol. The van der Waals surface area contributed by atoms with E-state index in [1.165, 1.54) is 6.92 Å². The van der Waals surface area contributed by atoms with E-state index in [4.69, 9.17) is 5.11 Å². The highest BCUT2D eigenvalue weighted by molar-refractivity contribution is 5.87. The monoisotopic (exact) mass is 200 g/mol. The minimum absolute atomic E-state index is 0.699. The van der Waals surface area contributed by atoms with Gasteiger partial charge in [0.15, 0.2) is 6.04 Å². The number of aliphatic hydroxyl groups excluding tert-OH is 1. The first kappa shape index (κ1) is 11.0. The van der Waals surface area contributed by atoms with Crippen molar-refractivity contribution in [1.29, 1.82) is 0 Å². The number of aliphatic hydroxyl groups is 1. The van der Waals surface area contributed by atoms with E-state index in [0.717, 1.165) is 25.8 Å². The predicted molar refractivity (Wildman–Crippen MR) is 52.4 cm³/mol. The molecule has 5 nitrogen and oxygen atoms in total. The van der Waals surface area contributed by atoms with Gasteiger partial charge in [0, 0.05) is 13.0 Å². The van der Waals surface area contributed by atoms with Gasteiger partial charge in [-0.25, -0.2) is 4.79 Å². The van der Waals surface area contributed by atoms with Gasteiger partial charge in [0.05, 0.1) is 11.9 Å². The molecule has 0 aromatic heterocycles. The molecule has 0 bridgehead atoms. The fraction of sp³-hybridized carbons (Fsp3) is 0.778. The Labute approximate surface area is 82.8 Å². The number of carboxylic acids is 1. The van der Waals surface area contributed by atoms with E-state index in [2.05, 4.69) is 10.3 Å². The summed E-state index contributed by atoms with van der Waals surface area (Å²) in [6, 6.07) is -0.952. The molecule has 0 saturated heterocycles. The van der Waals surface area contributed by atoms with Crippen molar-refractivity contribution >= 4 is 11.8 Å². The van der Waals surface area contributed by atoms with Crippen molar-refractivity contribution in [3.05, 3.63) is 0 Å². The summed E-state index contributed by atoms with van der Waals surface area (Å²) < 4.78 is 0. The lowest BCUT2D eigenvalue weighted by atomic mass is 10.1. The number of aliphatic carboxylic acids is 1. The smallest absolute Gasteiger partial charge is 0.328 e. The first-order valence-electron chi connectivity index (χ1n) is 4.82. The van der Waals surface area contributed by atoms with Crippen LogP contribution >= 0.6 is 0 Å². The van der Waals surface area contributed by atoms with Crippen LogP contribution in [0.1, 0.15) is 26.2 Å². The molecule has 0 spiro atoms. The van der Waals surface area contributed by atoms with Crippen molar-refractivity contribution in [1.82, 2.24) is 5.32 Å². The van der Waals surface area contributed by atoms with Crippen LogP contribution in [0.25, 0.3) is 0 Å². The summed E-state index contributed by atoms with van der Waals surface area (Å²) in [7, 11) is 0. The number of nitrogens with one attached hydrogen (secondary N) is 1. The summed E-state index contributed by atoms with van der Waals surface area (Å²) in [4.78, 5) is 14.9. The van der Waals surface area contributed by atoms with Crippen LogP contribution in [0.4, 0.5) is 0 Å².